The van der Waals surface area contributed by atoms with E-state index in [2.05, 4.69) is 32.6 Å². The molecule has 0 spiro atoms. The van der Waals surface area contributed by atoms with E-state index in [-0.39, 0.29) is 24.0 Å². The summed E-state index contributed by atoms with van der Waals surface area (Å²) in [5.74, 6) is -0.658. The highest BCUT2D eigenvalue weighted by atomic mass is 32.1. The number of aromatic amines is 1. The summed E-state index contributed by atoms with van der Waals surface area (Å²) in [6, 6.07) is 17.7. The molecule has 2 atom stereocenters. The summed E-state index contributed by atoms with van der Waals surface area (Å²) < 4.78 is 13.9. The van der Waals surface area contributed by atoms with Crippen LogP contribution >= 0.6 is 22.7 Å². The van der Waals surface area contributed by atoms with E-state index >= 15 is 0 Å². The van der Waals surface area contributed by atoms with Gasteiger partial charge in [-0.15, -0.1) is 27.8 Å². The minimum Gasteiger partial charge on any atom is -0.506 e. The lowest BCUT2D eigenvalue weighted by Gasteiger charge is -2.35. The third-order valence-corrected chi connectivity index (χ3v) is 13.0. The Morgan fingerprint density at radius 2 is 1.96 bits per heavy atom. The van der Waals surface area contributed by atoms with Crippen molar-refractivity contribution in [1.29, 1.82) is 0 Å². The number of aromatic nitrogens is 4. The van der Waals surface area contributed by atoms with E-state index in [0.717, 1.165) is 65.5 Å². The molecule has 5 N–H and O–H groups in total. The molecule has 0 amide bonds. The van der Waals surface area contributed by atoms with Crippen LogP contribution in [-0.4, -0.2) is 78.4 Å². The first-order valence-corrected chi connectivity index (χ1v) is 20.5. The highest BCUT2D eigenvalue weighted by molar-refractivity contribution is 7.13. The average Bonchev–Trinajstić information content (AvgIpc) is 4.03. The summed E-state index contributed by atoms with van der Waals surface area (Å²) in [7, 11) is 2.14. The number of carbonyl (C=O) groups excluding carboxylic acids is 1. The summed E-state index contributed by atoms with van der Waals surface area (Å²) in [6.07, 6.45) is 4.64. The molecule has 56 heavy (non-hydrogen) atoms. The van der Waals surface area contributed by atoms with Crippen molar-refractivity contribution in [3.63, 3.8) is 0 Å². The van der Waals surface area contributed by atoms with Crippen LogP contribution in [0, 0.1) is 6.92 Å². The molecule has 8 rings (SSSR count). The topological polar surface area (TPSA) is 179 Å². The van der Waals surface area contributed by atoms with Crippen molar-refractivity contribution in [3.8, 4) is 5.75 Å². The maximum atomic E-state index is 13.5. The molecule has 0 aliphatic heterocycles. The van der Waals surface area contributed by atoms with Crippen LogP contribution in [0.2, 0.25) is 0 Å². The predicted molar refractivity (Wildman–Crippen MR) is 216 cm³/mol. The number of aryl methyl sites for hydroxylation is 2. The van der Waals surface area contributed by atoms with Gasteiger partial charge in [0.25, 0.3) is 0 Å². The fraction of sp³-hybridized carbons (Fsp3) is 0.366. The lowest BCUT2D eigenvalue weighted by molar-refractivity contribution is -0.169. The number of benzene rings is 2. The number of phenols is 1. The van der Waals surface area contributed by atoms with Crippen molar-refractivity contribution in [2.45, 2.75) is 76.0 Å². The molecule has 0 bridgehead atoms. The van der Waals surface area contributed by atoms with Gasteiger partial charge in [-0.25, -0.2) is 9.48 Å². The molecule has 5 aromatic heterocycles. The SMILES string of the molecule is Cc1ccc(C(O)(C(=O)OC2CCC(N(C)CCCn3nnc4cc(CNC[C@H](O)c5ccc(O)c6[nH]c(=O)ccc56)c5ccoc5c43)CC2)c2cccs2)s1. The Hall–Kier alpha value is -4.90. The molecule has 1 aliphatic carbocycles. The standard InChI is InChI=1S/C41H44N6O7S2/c1-24-6-14-35(56-24)41(52,34-5-3-20-55-34)40(51)54-27-9-7-26(8-10-27)46(2)17-4-18-47-38-31(44-45-47)21-25(28-16-19-53-39(28)38)22-42-23-33(49)29-11-13-32(48)37-30(29)12-15-36(50)43-37/h3,5-6,11-16,19-21,26-27,33,42,48-49,52H,4,7-10,17-18,22-23H2,1-2H3,(H,43,50)/t26?,27?,33-,41?/m0/s1. The lowest BCUT2D eigenvalue weighted by Crippen LogP contribution is -2.42. The number of H-pyrrole nitrogens is 1. The quantitative estimate of drug-likeness (QED) is 0.0805. The Balaban J connectivity index is 0.847. The van der Waals surface area contributed by atoms with Gasteiger partial charge >= 0.3 is 5.97 Å². The first-order valence-electron chi connectivity index (χ1n) is 18.8. The van der Waals surface area contributed by atoms with Gasteiger partial charge in [-0.05, 0) is 112 Å². The van der Waals surface area contributed by atoms with Gasteiger partial charge in [0.2, 0.25) is 11.2 Å². The van der Waals surface area contributed by atoms with Crippen LogP contribution in [0.3, 0.4) is 0 Å². The van der Waals surface area contributed by atoms with Gasteiger partial charge in [0.1, 0.15) is 22.9 Å². The molecule has 5 heterocycles. The van der Waals surface area contributed by atoms with Crippen molar-refractivity contribution in [1.82, 2.24) is 30.2 Å². The van der Waals surface area contributed by atoms with Gasteiger partial charge in [0, 0.05) is 47.4 Å². The van der Waals surface area contributed by atoms with E-state index in [1.165, 1.54) is 34.8 Å². The smallest absolute Gasteiger partial charge is 0.349 e. The second kappa shape index (κ2) is 15.9. The van der Waals surface area contributed by atoms with Crippen LogP contribution in [0.4, 0.5) is 0 Å². The van der Waals surface area contributed by atoms with Gasteiger partial charge in [0.15, 0.2) is 5.58 Å². The molecule has 7 aromatic rings. The molecular formula is C41H44N6O7S2. The minimum atomic E-state index is -1.80. The van der Waals surface area contributed by atoms with Gasteiger partial charge < -0.3 is 39.7 Å². The highest BCUT2D eigenvalue weighted by Crippen LogP contribution is 2.39. The van der Waals surface area contributed by atoms with Crippen LogP contribution in [0.25, 0.3) is 32.9 Å². The van der Waals surface area contributed by atoms with Crippen molar-refractivity contribution >= 4 is 61.5 Å². The maximum absolute atomic E-state index is 13.5. The van der Waals surface area contributed by atoms with Gasteiger partial charge in [-0.3, -0.25) is 4.79 Å². The second-order valence-electron chi connectivity index (χ2n) is 14.6. The summed E-state index contributed by atoms with van der Waals surface area (Å²) in [5, 5.41) is 48.6. The van der Waals surface area contributed by atoms with Crippen molar-refractivity contribution < 1.29 is 29.3 Å². The molecule has 292 valence electrons. The molecule has 13 nitrogen and oxygen atoms in total. The average molecular weight is 797 g/mol. The maximum Gasteiger partial charge on any atom is 0.349 e. The summed E-state index contributed by atoms with van der Waals surface area (Å²) in [4.78, 5) is 32.5. The number of aliphatic hydroxyl groups is 2. The van der Waals surface area contributed by atoms with Crippen LogP contribution in [-0.2, 0) is 28.2 Å². The Labute approximate surface area is 330 Å². The number of aliphatic hydroxyl groups excluding tert-OH is 1. The van der Waals surface area contributed by atoms with Crippen LogP contribution in [0.5, 0.6) is 5.75 Å². The number of phenolic OH excluding ortho intramolecular Hbond substituents is 1. The number of aromatic hydroxyl groups is 1. The minimum absolute atomic E-state index is 0.0531. The third kappa shape index (κ3) is 7.38. The fourth-order valence-corrected chi connectivity index (χ4v) is 9.73. The lowest BCUT2D eigenvalue weighted by atomic mass is 9.91. The van der Waals surface area contributed by atoms with Crippen LogP contribution in [0.15, 0.2) is 81.5 Å². The molecule has 1 saturated carbocycles. The number of carbonyl (C=O) groups is 1. The molecule has 1 unspecified atom stereocenters. The number of pyridine rings is 1. The van der Waals surface area contributed by atoms with Crippen LogP contribution < -0.4 is 10.9 Å². The van der Waals surface area contributed by atoms with Gasteiger partial charge in [-0.2, -0.15) is 0 Å². The molecular weight excluding hydrogens is 753 g/mol. The Bertz CT molecular complexity index is 2530. The van der Waals surface area contributed by atoms with E-state index in [1.807, 2.05) is 47.3 Å². The zero-order chi connectivity index (χ0) is 39.0. The number of hydrogen-bond acceptors (Lipinski definition) is 13. The number of hydrogen-bond donors (Lipinski definition) is 5. The number of esters is 1. The van der Waals surface area contributed by atoms with Crippen molar-refractivity contribution in [2.75, 3.05) is 20.1 Å². The zero-order valence-electron chi connectivity index (χ0n) is 31.1. The van der Waals surface area contributed by atoms with E-state index < -0.39 is 17.7 Å². The molecule has 15 heteroatoms. The molecule has 0 saturated heterocycles. The highest BCUT2D eigenvalue weighted by Gasteiger charge is 2.45. The van der Waals surface area contributed by atoms with Crippen molar-refractivity contribution in [3.05, 3.63) is 108 Å². The second-order valence-corrected chi connectivity index (χ2v) is 16.8. The number of nitrogens with one attached hydrogen (secondary N) is 2. The van der Waals surface area contributed by atoms with E-state index in [1.54, 1.807) is 24.5 Å². The number of thiophene rings is 2. The molecule has 1 fully saturated rings. The number of ether oxygens (including phenoxy) is 1. The van der Waals surface area contributed by atoms with E-state index in [4.69, 9.17) is 9.15 Å². The van der Waals surface area contributed by atoms with Gasteiger partial charge in [-0.1, -0.05) is 17.3 Å². The predicted octanol–water partition coefficient (Wildman–Crippen LogP) is 6.09. The molecule has 1 aliphatic rings. The largest absolute Gasteiger partial charge is 0.506 e. The summed E-state index contributed by atoms with van der Waals surface area (Å²) in [6.45, 7) is 4.14. The monoisotopic (exact) mass is 796 g/mol. The van der Waals surface area contributed by atoms with E-state index in [9.17, 15) is 24.9 Å². The Morgan fingerprint density at radius 3 is 2.73 bits per heavy atom. The zero-order valence-corrected chi connectivity index (χ0v) is 32.7. The number of rotatable bonds is 14. The Morgan fingerprint density at radius 1 is 1.12 bits per heavy atom. The molecule has 0 radical (unpaired) electrons. The summed E-state index contributed by atoms with van der Waals surface area (Å²) >= 11 is 2.76. The first kappa shape index (κ1) is 38.0. The van der Waals surface area contributed by atoms with Crippen molar-refractivity contribution in [2.24, 2.45) is 0 Å². The number of furan rings is 1. The van der Waals surface area contributed by atoms with Crippen LogP contribution in [0.1, 0.15) is 64.0 Å². The molecule has 2 aromatic carbocycles. The Kier molecular flexibility index (Phi) is 10.8. The third-order valence-electron chi connectivity index (χ3n) is 10.9. The fourth-order valence-electron chi connectivity index (χ4n) is 7.88. The number of nitrogens with zero attached hydrogens (tertiary/aromatic N) is 4. The normalized spacial score (nSPS) is 17.9. The number of fused-ring (bicyclic) bond motifs is 4. The summed E-state index contributed by atoms with van der Waals surface area (Å²) in [5.41, 5.74) is 1.98. The first-order chi connectivity index (χ1) is 27.1. The van der Waals surface area contributed by atoms with Gasteiger partial charge in [0.05, 0.1) is 27.6 Å². The van der Waals surface area contributed by atoms with E-state index in [0.29, 0.717) is 50.9 Å².